The fourth-order valence-electron chi connectivity index (χ4n) is 2.70. The van der Waals surface area contributed by atoms with Crippen molar-refractivity contribution >= 4 is 21.7 Å². The molecule has 0 spiro atoms. The van der Waals surface area contributed by atoms with Gasteiger partial charge in [0.1, 0.15) is 4.32 Å². The maximum atomic E-state index is 12.0. The first-order valence-electron chi connectivity index (χ1n) is 4.79. The van der Waals surface area contributed by atoms with Crippen LogP contribution < -0.4 is 0 Å². The fraction of sp³-hybridized carbons (Fsp3) is 0.700. The first-order valence-corrected chi connectivity index (χ1v) is 5.58. The molecule has 0 aromatic heterocycles. The van der Waals surface area contributed by atoms with E-state index < -0.39 is 0 Å². The Morgan fingerprint density at radius 3 is 3.23 bits per heavy atom. The molecule has 3 aliphatic rings. The van der Waals surface area contributed by atoms with E-state index in [0.717, 1.165) is 19.3 Å². The topological polar surface area (TPSA) is 26.3 Å². The molecule has 1 saturated carbocycles. The third-order valence-electron chi connectivity index (χ3n) is 3.43. The SMILES string of the molecule is O=C1C2CCCC1(Br)C1C=CC2O1. The Balaban J connectivity index is 2.09. The number of carbonyl (C=O) groups excluding carboxylic acids is 1. The van der Waals surface area contributed by atoms with Gasteiger partial charge in [0.25, 0.3) is 0 Å². The number of carbonyl (C=O) groups is 1. The van der Waals surface area contributed by atoms with Crippen molar-refractivity contribution in [3.8, 4) is 0 Å². The summed E-state index contributed by atoms with van der Waals surface area (Å²) in [5.41, 5.74) is 0. The molecule has 70 valence electrons. The van der Waals surface area contributed by atoms with Crippen molar-refractivity contribution in [2.24, 2.45) is 5.92 Å². The molecule has 0 radical (unpaired) electrons. The highest BCUT2D eigenvalue weighted by atomic mass is 79.9. The second kappa shape index (κ2) is 2.45. The van der Waals surface area contributed by atoms with E-state index in [-0.39, 0.29) is 22.5 Å². The zero-order chi connectivity index (χ0) is 9.05. The summed E-state index contributed by atoms with van der Waals surface area (Å²) < 4.78 is 5.37. The van der Waals surface area contributed by atoms with E-state index in [9.17, 15) is 4.79 Å². The quantitative estimate of drug-likeness (QED) is 0.479. The summed E-state index contributed by atoms with van der Waals surface area (Å²) in [6.07, 6.45) is 7.21. The first-order chi connectivity index (χ1) is 6.22. The van der Waals surface area contributed by atoms with Crippen LogP contribution in [0.25, 0.3) is 0 Å². The molecule has 4 bridgehead atoms. The molecule has 0 amide bonds. The molecule has 2 nitrogen and oxygen atoms in total. The lowest BCUT2D eigenvalue weighted by molar-refractivity contribution is -0.145. The Kier molecular flexibility index (Phi) is 1.54. The van der Waals surface area contributed by atoms with Crippen molar-refractivity contribution in [2.75, 3.05) is 0 Å². The molecule has 4 atom stereocenters. The average molecular weight is 243 g/mol. The van der Waals surface area contributed by atoms with Crippen LogP contribution in [0.1, 0.15) is 19.3 Å². The Morgan fingerprint density at radius 2 is 2.38 bits per heavy atom. The number of ketones is 1. The van der Waals surface area contributed by atoms with Gasteiger partial charge in [0.2, 0.25) is 0 Å². The highest BCUT2D eigenvalue weighted by Gasteiger charge is 2.56. The number of hydrogen-bond donors (Lipinski definition) is 0. The first kappa shape index (κ1) is 8.18. The van der Waals surface area contributed by atoms with Gasteiger partial charge in [-0.05, 0) is 12.8 Å². The largest absolute Gasteiger partial charge is 0.364 e. The van der Waals surface area contributed by atoms with Crippen molar-refractivity contribution < 1.29 is 9.53 Å². The van der Waals surface area contributed by atoms with Gasteiger partial charge >= 0.3 is 0 Å². The van der Waals surface area contributed by atoms with Crippen LogP contribution in [0.2, 0.25) is 0 Å². The van der Waals surface area contributed by atoms with Gasteiger partial charge in [-0.15, -0.1) is 0 Å². The number of rotatable bonds is 0. The summed E-state index contributed by atoms with van der Waals surface area (Å²) in [7, 11) is 0. The molecule has 3 heteroatoms. The third-order valence-corrected chi connectivity index (χ3v) is 4.67. The summed E-state index contributed by atoms with van der Waals surface area (Å²) in [5, 5.41) is 0. The fourth-order valence-corrected chi connectivity index (χ4v) is 3.53. The Bertz CT molecular complexity index is 299. The zero-order valence-electron chi connectivity index (χ0n) is 7.20. The Hall–Kier alpha value is -0.150. The van der Waals surface area contributed by atoms with E-state index in [1.165, 1.54) is 0 Å². The van der Waals surface area contributed by atoms with Crippen LogP contribution in [0.15, 0.2) is 12.2 Å². The van der Waals surface area contributed by atoms with Crippen LogP contribution in [-0.2, 0) is 9.53 Å². The molecule has 0 N–H and O–H groups in total. The van der Waals surface area contributed by atoms with Gasteiger partial charge in [0.15, 0.2) is 5.78 Å². The number of fused-ring (bicyclic) bond motifs is 6. The summed E-state index contributed by atoms with van der Waals surface area (Å²) >= 11 is 3.58. The lowest BCUT2D eigenvalue weighted by Crippen LogP contribution is -2.56. The number of ether oxygens (including phenoxy) is 1. The smallest absolute Gasteiger partial charge is 0.158 e. The third kappa shape index (κ3) is 0.895. The summed E-state index contributed by atoms with van der Waals surface area (Å²) in [6.45, 7) is 0. The van der Waals surface area contributed by atoms with E-state index in [4.69, 9.17) is 4.74 Å². The number of alkyl halides is 1. The molecule has 0 aromatic rings. The van der Waals surface area contributed by atoms with E-state index in [1.54, 1.807) is 0 Å². The van der Waals surface area contributed by atoms with E-state index in [1.807, 2.05) is 6.08 Å². The van der Waals surface area contributed by atoms with E-state index in [2.05, 4.69) is 22.0 Å². The summed E-state index contributed by atoms with van der Waals surface area (Å²) in [5.74, 6) is 0.480. The van der Waals surface area contributed by atoms with Gasteiger partial charge in [-0.25, -0.2) is 0 Å². The van der Waals surface area contributed by atoms with Gasteiger partial charge in [-0.1, -0.05) is 34.5 Å². The number of Topliss-reactive ketones (excluding diaryl/α,β-unsaturated/α-hetero) is 1. The highest BCUT2D eigenvalue weighted by molar-refractivity contribution is 9.10. The molecular formula is C10H11BrO2. The molecular weight excluding hydrogens is 232 g/mol. The maximum Gasteiger partial charge on any atom is 0.158 e. The van der Waals surface area contributed by atoms with Crippen LogP contribution in [0.3, 0.4) is 0 Å². The minimum absolute atomic E-state index is 0.0125. The molecule has 2 aliphatic heterocycles. The van der Waals surface area contributed by atoms with Crippen molar-refractivity contribution in [3.05, 3.63) is 12.2 Å². The van der Waals surface area contributed by atoms with Crippen LogP contribution in [0.5, 0.6) is 0 Å². The zero-order valence-corrected chi connectivity index (χ0v) is 8.79. The highest BCUT2D eigenvalue weighted by Crippen LogP contribution is 2.48. The number of halogens is 1. The van der Waals surface area contributed by atoms with Crippen LogP contribution in [-0.4, -0.2) is 22.3 Å². The minimum Gasteiger partial charge on any atom is -0.364 e. The minimum atomic E-state index is -0.389. The normalized spacial score (nSPS) is 52.7. The second-order valence-electron chi connectivity index (χ2n) is 4.13. The molecule has 2 heterocycles. The lowest BCUT2D eigenvalue weighted by atomic mass is 9.75. The Labute approximate surface area is 85.5 Å². The van der Waals surface area contributed by atoms with Crippen LogP contribution in [0.4, 0.5) is 0 Å². The van der Waals surface area contributed by atoms with Gasteiger partial charge < -0.3 is 4.74 Å². The van der Waals surface area contributed by atoms with Gasteiger partial charge in [0.05, 0.1) is 12.2 Å². The summed E-state index contributed by atoms with van der Waals surface area (Å²) in [6, 6.07) is 0. The molecule has 2 fully saturated rings. The molecule has 1 aliphatic carbocycles. The Morgan fingerprint density at radius 1 is 1.54 bits per heavy atom. The monoisotopic (exact) mass is 242 g/mol. The van der Waals surface area contributed by atoms with Gasteiger partial charge in [-0.3, -0.25) is 4.79 Å². The predicted molar refractivity (Wildman–Crippen MR) is 51.8 cm³/mol. The molecule has 3 rings (SSSR count). The predicted octanol–water partition coefficient (Wildman–Crippen LogP) is 1.83. The summed E-state index contributed by atoms with van der Waals surface area (Å²) in [4.78, 5) is 12.0. The molecule has 0 aromatic carbocycles. The molecule has 4 unspecified atom stereocenters. The van der Waals surface area contributed by atoms with Gasteiger partial charge in [-0.2, -0.15) is 0 Å². The standard InChI is InChI=1S/C10H11BrO2/c11-10-5-1-2-6(9(10)12)7-3-4-8(10)13-7/h3-4,6-8H,1-2,5H2. The lowest BCUT2D eigenvalue weighted by Gasteiger charge is -2.44. The second-order valence-corrected chi connectivity index (χ2v) is 5.55. The maximum absolute atomic E-state index is 12.0. The molecule has 1 saturated heterocycles. The van der Waals surface area contributed by atoms with Crippen molar-refractivity contribution in [3.63, 3.8) is 0 Å². The van der Waals surface area contributed by atoms with Crippen LogP contribution in [0, 0.1) is 5.92 Å². The average Bonchev–Trinajstić information content (AvgIpc) is 2.55. The van der Waals surface area contributed by atoms with Gasteiger partial charge in [0, 0.05) is 5.92 Å². The van der Waals surface area contributed by atoms with Crippen molar-refractivity contribution in [1.82, 2.24) is 0 Å². The van der Waals surface area contributed by atoms with Crippen molar-refractivity contribution in [2.45, 2.75) is 35.8 Å². The number of hydrogen-bond acceptors (Lipinski definition) is 2. The van der Waals surface area contributed by atoms with E-state index >= 15 is 0 Å². The molecule has 13 heavy (non-hydrogen) atoms. The van der Waals surface area contributed by atoms with Crippen molar-refractivity contribution in [1.29, 1.82) is 0 Å². The van der Waals surface area contributed by atoms with E-state index in [0.29, 0.717) is 5.78 Å². The van der Waals surface area contributed by atoms with Crippen LogP contribution >= 0.6 is 15.9 Å².